The van der Waals surface area contributed by atoms with E-state index in [-0.39, 0.29) is 0 Å². The summed E-state index contributed by atoms with van der Waals surface area (Å²) in [6, 6.07) is 13.2. The van der Waals surface area contributed by atoms with Gasteiger partial charge in [-0.15, -0.1) is 0 Å². The van der Waals surface area contributed by atoms with Crippen molar-refractivity contribution in [2.45, 2.75) is 13.0 Å². The Kier molecular flexibility index (Phi) is 5.24. The lowest BCUT2D eigenvalue weighted by Gasteiger charge is -2.21. The van der Waals surface area contributed by atoms with Gasteiger partial charge in [0.05, 0.1) is 0 Å². The zero-order valence-corrected chi connectivity index (χ0v) is 15.6. The largest absolute Gasteiger partial charge is 0.479 e. The Morgan fingerprint density at radius 2 is 1.45 bits per heavy atom. The fraction of sp³-hybridized carbons (Fsp3) is 0.0870. The summed E-state index contributed by atoms with van der Waals surface area (Å²) in [5, 5.41) is 0. The van der Waals surface area contributed by atoms with Crippen LogP contribution in [0, 0.1) is 18.6 Å². The van der Waals surface area contributed by atoms with Gasteiger partial charge in [-0.05, 0) is 48.9 Å². The Hall–Kier alpha value is -3.67. The number of ether oxygens (including phenoxy) is 1. The predicted molar refractivity (Wildman–Crippen MR) is 105 cm³/mol. The van der Waals surface area contributed by atoms with Gasteiger partial charge in [-0.2, -0.15) is 0 Å². The topological polar surface area (TPSA) is 47.9 Å². The van der Waals surface area contributed by atoms with Gasteiger partial charge in [0, 0.05) is 47.7 Å². The zero-order valence-electron chi connectivity index (χ0n) is 15.6. The maximum absolute atomic E-state index is 13.9. The number of aromatic nitrogens is 3. The van der Waals surface area contributed by atoms with Gasteiger partial charge in [0.25, 0.3) is 0 Å². The molecule has 0 spiro atoms. The van der Waals surface area contributed by atoms with E-state index in [0.29, 0.717) is 22.6 Å². The molecule has 1 aromatic carbocycles. The second-order valence-corrected chi connectivity index (χ2v) is 6.50. The molecule has 144 valence electrons. The van der Waals surface area contributed by atoms with Gasteiger partial charge in [0.1, 0.15) is 11.4 Å². The van der Waals surface area contributed by atoms with E-state index in [2.05, 4.69) is 15.0 Å². The van der Waals surface area contributed by atoms with Crippen molar-refractivity contribution in [1.82, 2.24) is 15.0 Å². The van der Waals surface area contributed by atoms with E-state index in [1.165, 1.54) is 0 Å². The molecule has 0 fully saturated rings. The summed E-state index contributed by atoms with van der Waals surface area (Å²) in [5.41, 5.74) is 3.12. The Labute approximate surface area is 166 Å². The van der Waals surface area contributed by atoms with Crippen LogP contribution in [0.3, 0.4) is 0 Å². The van der Waals surface area contributed by atoms with Crippen LogP contribution in [0.15, 0.2) is 79.5 Å². The first-order valence-electron chi connectivity index (χ1n) is 9.01. The van der Waals surface area contributed by atoms with Crippen LogP contribution >= 0.6 is 0 Å². The van der Waals surface area contributed by atoms with Gasteiger partial charge in [-0.3, -0.25) is 15.0 Å². The summed E-state index contributed by atoms with van der Waals surface area (Å²) < 4.78 is 33.8. The fourth-order valence-corrected chi connectivity index (χ4v) is 3.11. The summed E-state index contributed by atoms with van der Waals surface area (Å²) in [5.74, 6) is -1.38. The summed E-state index contributed by atoms with van der Waals surface area (Å²) in [7, 11) is 0. The third-order valence-electron chi connectivity index (χ3n) is 4.51. The van der Waals surface area contributed by atoms with Crippen LogP contribution in [0.2, 0.25) is 0 Å². The maximum Gasteiger partial charge on any atom is 0.159 e. The highest BCUT2D eigenvalue weighted by molar-refractivity contribution is 5.69. The van der Waals surface area contributed by atoms with E-state index in [0.717, 1.165) is 23.3 Å². The molecule has 4 rings (SSSR count). The van der Waals surface area contributed by atoms with Crippen molar-refractivity contribution in [3.8, 4) is 17.0 Å². The molecule has 0 aliphatic heterocycles. The smallest absolute Gasteiger partial charge is 0.159 e. The second kappa shape index (κ2) is 8.14. The van der Waals surface area contributed by atoms with Crippen molar-refractivity contribution in [2.24, 2.45) is 0 Å². The van der Waals surface area contributed by atoms with E-state index >= 15 is 0 Å². The van der Waals surface area contributed by atoms with Crippen LogP contribution < -0.4 is 4.74 Å². The molecule has 4 aromatic rings. The molecular weight excluding hydrogens is 372 g/mol. The van der Waals surface area contributed by atoms with E-state index in [4.69, 9.17) is 4.74 Å². The molecule has 0 unspecified atom stereocenters. The van der Waals surface area contributed by atoms with Gasteiger partial charge < -0.3 is 4.74 Å². The summed E-state index contributed by atoms with van der Waals surface area (Å²) in [4.78, 5) is 12.7. The molecule has 29 heavy (non-hydrogen) atoms. The predicted octanol–water partition coefficient (Wildman–Crippen LogP) is 5.29. The molecule has 4 nitrogen and oxygen atoms in total. The molecular formula is C23H17F2N3O. The molecule has 0 aliphatic carbocycles. The minimum Gasteiger partial charge on any atom is -0.479 e. The molecule has 0 aliphatic rings. The molecule has 0 N–H and O–H groups in total. The van der Waals surface area contributed by atoms with Crippen molar-refractivity contribution < 1.29 is 13.5 Å². The highest BCUT2D eigenvalue weighted by Gasteiger charge is 2.20. The van der Waals surface area contributed by atoms with Gasteiger partial charge in [0.2, 0.25) is 0 Å². The lowest BCUT2D eigenvalue weighted by atomic mass is 10.0. The van der Waals surface area contributed by atoms with Crippen LogP contribution in [0.5, 0.6) is 5.75 Å². The Bertz CT molecular complexity index is 1080. The Morgan fingerprint density at radius 3 is 2.07 bits per heavy atom. The van der Waals surface area contributed by atoms with Crippen LogP contribution in [0.4, 0.5) is 8.78 Å². The molecule has 0 bridgehead atoms. The Balaban J connectivity index is 1.80. The number of pyridine rings is 3. The number of aryl methyl sites for hydroxylation is 1. The van der Waals surface area contributed by atoms with Crippen LogP contribution in [0.25, 0.3) is 11.3 Å². The van der Waals surface area contributed by atoms with Gasteiger partial charge in [-0.25, -0.2) is 8.78 Å². The van der Waals surface area contributed by atoms with Crippen LogP contribution in [-0.2, 0) is 0 Å². The molecule has 0 amide bonds. The number of halogens is 2. The third-order valence-corrected chi connectivity index (χ3v) is 4.51. The van der Waals surface area contributed by atoms with Crippen molar-refractivity contribution in [3.05, 3.63) is 108 Å². The third kappa shape index (κ3) is 3.96. The average molecular weight is 389 g/mol. The van der Waals surface area contributed by atoms with Crippen molar-refractivity contribution in [3.63, 3.8) is 0 Å². The zero-order chi connectivity index (χ0) is 20.2. The van der Waals surface area contributed by atoms with Crippen molar-refractivity contribution in [2.75, 3.05) is 0 Å². The van der Waals surface area contributed by atoms with Gasteiger partial charge in [-0.1, -0.05) is 12.1 Å². The van der Waals surface area contributed by atoms with Gasteiger partial charge in [0.15, 0.2) is 17.7 Å². The number of hydrogen-bond acceptors (Lipinski definition) is 4. The van der Waals surface area contributed by atoms with Crippen LogP contribution in [-0.4, -0.2) is 15.0 Å². The first-order valence-corrected chi connectivity index (χ1v) is 9.01. The highest BCUT2D eigenvalue weighted by Crippen LogP contribution is 2.35. The molecule has 0 saturated heterocycles. The second-order valence-electron chi connectivity index (χ2n) is 6.50. The van der Waals surface area contributed by atoms with Crippen LogP contribution in [0.1, 0.15) is 22.8 Å². The SMILES string of the molecule is Cc1cc(F)c(F)cc1-c1ncccc1OC(c1cccnc1)c1cccnc1. The molecule has 3 aromatic heterocycles. The quantitative estimate of drug-likeness (QED) is 0.465. The van der Waals surface area contributed by atoms with E-state index < -0.39 is 17.7 Å². The van der Waals surface area contributed by atoms with E-state index in [9.17, 15) is 8.78 Å². The maximum atomic E-state index is 13.9. The monoisotopic (exact) mass is 389 g/mol. The van der Waals surface area contributed by atoms with Crippen molar-refractivity contribution >= 4 is 0 Å². The number of nitrogens with zero attached hydrogens (tertiary/aromatic N) is 3. The lowest BCUT2D eigenvalue weighted by molar-refractivity contribution is 0.246. The van der Waals surface area contributed by atoms with E-state index in [1.54, 1.807) is 50.0 Å². The standard InChI is InChI=1S/C23H17F2N3O/c1-15-11-19(24)20(25)12-18(15)22-21(7-4-10-28-22)29-23(16-5-2-8-26-13-16)17-6-3-9-27-14-17/h2-14,23H,1H3. The average Bonchev–Trinajstić information content (AvgIpc) is 2.76. The molecule has 0 atom stereocenters. The van der Waals surface area contributed by atoms with Crippen molar-refractivity contribution in [1.29, 1.82) is 0 Å². The molecule has 0 radical (unpaired) electrons. The normalized spacial score (nSPS) is 10.9. The Morgan fingerprint density at radius 1 is 0.828 bits per heavy atom. The minimum atomic E-state index is -0.932. The molecule has 3 heterocycles. The van der Waals surface area contributed by atoms with Gasteiger partial charge >= 0.3 is 0 Å². The highest BCUT2D eigenvalue weighted by atomic mass is 19.2. The lowest BCUT2D eigenvalue weighted by Crippen LogP contribution is -2.11. The first-order chi connectivity index (χ1) is 14.1. The molecule has 0 saturated carbocycles. The summed E-state index contributed by atoms with van der Waals surface area (Å²) in [6.07, 6.45) is 7.90. The fourth-order valence-electron chi connectivity index (χ4n) is 3.11. The van der Waals surface area contributed by atoms with E-state index in [1.807, 2.05) is 24.3 Å². The first kappa shape index (κ1) is 18.7. The minimum absolute atomic E-state index is 0.432. The number of hydrogen-bond donors (Lipinski definition) is 0. The summed E-state index contributed by atoms with van der Waals surface area (Å²) >= 11 is 0. The number of benzene rings is 1. The number of rotatable bonds is 5. The summed E-state index contributed by atoms with van der Waals surface area (Å²) in [6.45, 7) is 1.70. The molecule has 6 heteroatoms.